The molecule has 1 saturated heterocycles. The first kappa shape index (κ1) is 14.0. The van der Waals surface area contributed by atoms with Gasteiger partial charge in [-0.2, -0.15) is 5.10 Å². The van der Waals surface area contributed by atoms with Crippen LogP contribution in [0.1, 0.15) is 50.2 Å². The third-order valence-electron chi connectivity index (χ3n) is 4.42. The fourth-order valence-electron chi connectivity index (χ4n) is 3.07. The Labute approximate surface area is 120 Å². The summed E-state index contributed by atoms with van der Waals surface area (Å²) in [5.74, 6) is 3.16. The maximum absolute atomic E-state index is 11.8. The maximum atomic E-state index is 11.8. The average molecular weight is 298 g/mol. The fraction of sp³-hybridized carbons (Fsp3) is 0.846. The molecule has 1 aromatic rings. The number of H-pyrrole nitrogens is 1. The van der Waals surface area contributed by atoms with Gasteiger partial charge in [0.1, 0.15) is 5.82 Å². The molecule has 3 rings (SSSR count). The zero-order chi connectivity index (χ0) is 14.5. The van der Waals surface area contributed by atoms with E-state index in [-0.39, 0.29) is 11.8 Å². The summed E-state index contributed by atoms with van der Waals surface area (Å²) >= 11 is 0. The molecule has 6 nitrogen and oxygen atoms in total. The van der Waals surface area contributed by atoms with Crippen molar-refractivity contribution in [3.8, 4) is 0 Å². The lowest BCUT2D eigenvalue weighted by atomic mass is 9.91. The second-order valence-corrected chi connectivity index (χ2v) is 8.40. The van der Waals surface area contributed by atoms with Crippen molar-refractivity contribution in [2.75, 3.05) is 19.3 Å². The summed E-state index contributed by atoms with van der Waals surface area (Å²) in [6.45, 7) is 5.28. The molecule has 1 saturated carbocycles. The lowest BCUT2D eigenvalue weighted by molar-refractivity contribution is 0.425. The highest BCUT2D eigenvalue weighted by atomic mass is 32.2. The summed E-state index contributed by atoms with van der Waals surface area (Å²) in [7, 11) is -3.12. The molecule has 0 aromatic carbocycles. The topological polar surface area (TPSA) is 79.0 Å². The van der Waals surface area contributed by atoms with E-state index in [0.29, 0.717) is 24.9 Å². The first-order chi connectivity index (χ1) is 9.36. The van der Waals surface area contributed by atoms with Crippen molar-refractivity contribution in [1.82, 2.24) is 19.5 Å². The predicted octanol–water partition coefficient (Wildman–Crippen LogP) is 1.31. The molecule has 1 aliphatic heterocycles. The Balaban J connectivity index is 1.85. The minimum Gasteiger partial charge on any atom is -0.263 e. The molecule has 20 heavy (non-hydrogen) atoms. The second-order valence-electron chi connectivity index (χ2n) is 6.42. The molecule has 2 heterocycles. The molecule has 2 atom stereocenters. The molecule has 0 unspecified atom stereocenters. The highest BCUT2D eigenvalue weighted by molar-refractivity contribution is 7.88. The summed E-state index contributed by atoms with van der Waals surface area (Å²) in [5, 5.41) is 7.29. The standard InChI is InChI=1S/C13H22N4O2S/c1-8(2)12-14-13(16-15-12)11-7-17(20(3,18)19)6-10(11)9-4-5-9/h8-11H,4-7H2,1-3H3,(H,14,15,16)/t10-,11+/m1/s1. The molecule has 0 bridgehead atoms. The molecule has 112 valence electrons. The van der Waals surface area contributed by atoms with E-state index < -0.39 is 10.0 Å². The van der Waals surface area contributed by atoms with Crippen LogP contribution in [0.2, 0.25) is 0 Å². The molecule has 1 N–H and O–H groups in total. The van der Waals surface area contributed by atoms with Gasteiger partial charge in [-0.15, -0.1) is 0 Å². The molecule has 0 amide bonds. The second kappa shape index (κ2) is 4.80. The number of sulfonamides is 1. The van der Waals surface area contributed by atoms with Crippen LogP contribution in [0.15, 0.2) is 0 Å². The van der Waals surface area contributed by atoms with E-state index in [1.165, 1.54) is 19.1 Å². The van der Waals surface area contributed by atoms with Gasteiger partial charge in [-0.1, -0.05) is 13.8 Å². The molecule has 2 aliphatic rings. The van der Waals surface area contributed by atoms with Gasteiger partial charge < -0.3 is 0 Å². The minimum atomic E-state index is -3.12. The van der Waals surface area contributed by atoms with Crippen LogP contribution >= 0.6 is 0 Å². The molecule has 2 fully saturated rings. The Morgan fingerprint density at radius 1 is 1.30 bits per heavy atom. The van der Waals surface area contributed by atoms with E-state index in [1.807, 2.05) is 0 Å². The molecule has 0 radical (unpaired) electrons. The Morgan fingerprint density at radius 2 is 2.00 bits per heavy atom. The Bertz CT molecular complexity index is 591. The maximum Gasteiger partial charge on any atom is 0.211 e. The van der Waals surface area contributed by atoms with E-state index in [4.69, 9.17) is 0 Å². The first-order valence-electron chi connectivity index (χ1n) is 7.23. The quantitative estimate of drug-likeness (QED) is 0.909. The van der Waals surface area contributed by atoms with E-state index in [1.54, 1.807) is 4.31 Å². The lowest BCUT2D eigenvalue weighted by Gasteiger charge is -2.14. The Morgan fingerprint density at radius 3 is 2.50 bits per heavy atom. The van der Waals surface area contributed by atoms with Crippen molar-refractivity contribution >= 4 is 10.0 Å². The van der Waals surface area contributed by atoms with E-state index in [2.05, 4.69) is 29.0 Å². The van der Waals surface area contributed by atoms with Crippen LogP contribution in [0.4, 0.5) is 0 Å². The third-order valence-corrected chi connectivity index (χ3v) is 5.65. The normalized spacial score (nSPS) is 28.4. The van der Waals surface area contributed by atoms with Gasteiger partial charge in [0, 0.05) is 24.9 Å². The summed E-state index contributed by atoms with van der Waals surface area (Å²) in [4.78, 5) is 4.58. The van der Waals surface area contributed by atoms with Gasteiger partial charge >= 0.3 is 0 Å². The smallest absolute Gasteiger partial charge is 0.211 e. The van der Waals surface area contributed by atoms with Crippen molar-refractivity contribution in [3.05, 3.63) is 11.6 Å². The van der Waals surface area contributed by atoms with Crippen LogP contribution in [0.25, 0.3) is 0 Å². The largest absolute Gasteiger partial charge is 0.263 e. The average Bonchev–Trinajstić information content (AvgIpc) is 2.92. The van der Waals surface area contributed by atoms with Gasteiger partial charge in [-0.05, 0) is 24.7 Å². The van der Waals surface area contributed by atoms with Crippen LogP contribution in [0, 0.1) is 11.8 Å². The van der Waals surface area contributed by atoms with Gasteiger partial charge in [-0.25, -0.2) is 17.7 Å². The Hall–Kier alpha value is -0.950. The lowest BCUT2D eigenvalue weighted by Crippen LogP contribution is -2.27. The minimum absolute atomic E-state index is 0.164. The predicted molar refractivity (Wildman–Crippen MR) is 75.8 cm³/mol. The van der Waals surface area contributed by atoms with Crippen molar-refractivity contribution in [2.45, 2.75) is 38.5 Å². The van der Waals surface area contributed by atoms with E-state index in [9.17, 15) is 8.42 Å². The highest BCUT2D eigenvalue weighted by Crippen LogP contribution is 2.47. The third kappa shape index (κ3) is 2.61. The van der Waals surface area contributed by atoms with E-state index in [0.717, 1.165) is 11.6 Å². The zero-order valence-corrected chi connectivity index (χ0v) is 13.0. The monoisotopic (exact) mass is 298 g/mol. The van der Waals surface area contributed by atoms with Crippen LogP contribution in [-0.4, -0.2) is 47.2 Å². The highest BCUT2D eigenvalue weighted by Gasteiger charge is 2.46. The zero-order valence-electron chi connectivity index (χ0n) is 12.2. The SMILES string of the molecule is CC(C)c1n[nH]c([C@H]2CN(S(C)(=O)=O)C[C@@H]2C2CC2)n1. The van der Waals surface area contributed by atoms with E-state index >= 15 is 0 Å². The van der Waals surface area contributed by atoms with Gasteiger partial charge in [-0.3, -0.25) is 5.10 Å². The first-order valence-corrected chi connectivity index (χ1v) is 9.08. The number of nitrogens with one attached hydrogen (secondary N) is 1. The summed E-state index contributed by atoms with van der Waals surface area (Å²) in [6, 6.07) is 0. The van der Waals surface area contributed by atoms with Crippen molar-refractivity contribution in [3.63, 3.8) is 0 Å². The van der Waals surface area contributed by atoms with Crippen LogP contribution in [-0.2, 0) is 10.0 Å². The number of nitrogens with zero attached hydrogens (tertiary/aromatic N) is 3. The van der Waals surface area contributed by atoms with Crippen LogP contribution < -0.4 is 0 Å². The number of aromatic amines is 1. The summed E-state index contributed by atoms with van der Waals surface area (Å²) in [5.41, 5.74) is 0. The molecule has 1 aliphatic carbocycles. The number of hydrogen-bond donors (Lipinski definition) is 1. The molecule has 1 aromatic heterocycles. The molecule has 0 spiro atoms. The number of hydrogen-bond acceptors (Lipinski definition) is 4. The van der Waals surface area contributed by atoms with Crippen molar-refractivity contribution in [1.29, 1.82) is 0 Å². The van der Waals surface area contributed by atoms with Gasteiger partial charge in [0.25, 0.3) is 0 Å². The van der Waals surface area contributed by atoms with Crippen molar-refractivity contribution < 1.29 is 8.42 Å². The molecular weight excluding hydrogens is 276 g/mol. The summed E-state index contributed by atoms with van der Waals surface area (Å²) in [6.07, 6.45) is 3.72. The number of rotatable bonds is 4. The van der Waals surface area contributed by atoms with Gasteiger partial charge in [0.2, 0.25) is 10.0 Å². The molecule has 7 heteroatoms. The van der Waals surface area contributed by atoms with Crippen LogP contribution in [0.3, 0.4) is 0 Å². The van der Waals surface area contributed by atoms with Crippen LogP contribution in [0.5, 0.6) is 0 Å². The Kier molecular flexibility index (Phi) is 3.36. The van der Waals surface area contributed by atoms with Crippen molar-refractivity contribution in [2.24, 2.45) is 11.8 Å². The molecular formula is C13H22N4O2S. The number of aromatic nitrogens is 3. The summed E-state index contributed by atoms with van der Waals surface area (Å²) < 4.78 is 25.2. The van der Waals surface area contributed by atoms with Gasteiger partial charge in [0.15, 0.2) is 5.82 Å². The van der Waals surface area contributed by atoms with Gasteiger partial charge in [0.05, 0.1) is 6.26 Å². The fourth-order valence-corrected chi connectivity index (χ4v) is 3.94.